The molecule has 0 bridgehead atoms. The summed E-state index contributed by atoms with van der Waals surface area (Å²) < 4.78 is 0. The summed E-state index contributed by atoms with van der Waals surface area (Å²) in [5.41, 5.74) is -0.678. The second-order valence-electron chi connectivity index (χ2n) is 6.41. The topological polar surface area (TPSA) is 77.8 Å². The van der Waals surface area contributed by atoms with E-state index < -0.39 is 17.5 Å². The third-order valence-electron chi connectivity index (χ3n) is 4.98. The second kappa shape index (κ2) is 4.47. The van der Waals surface area contributed by atoms with Crippen molar-refractivity contribution in [2.75, 3.05) is 13.1 Å². The fourth-order valence-electron chi connectivity index (χ4n) is 3.61. The van der Waals surface area contributed by atoms with Crippen molar-refractivity contribution in [2.45, 2.75) is 44.1 Å². The Morgan fingerprint density at radius 2 is 1.58 bits per heavy atom. The number of hydrogen-bond acceptors (Lipinski definition) is 3. The summed E-state index contributed by atoms with van der Waals surface area (Å²) in [6, 6.07) is 0. The zero-order valence-corrected chi connectivity index (χ0v) is 11.0. The van der Waals surface area contributed by atoms with Crippen molar-refractivity contribution in [3.63, 3.8) is 0 Å². The minimum Gasteiger partial charge on any atom is -0.481 e. The maximum atomic E-state index is 12.4. The molecule has 1 amide bonds. The van der Waals surface area contributed by atoms with Gasteiger partial charge in [-0.1, -0.05) is 12.8 Å². The number of rotatable bonds is 3. The largest absolute Gasteiger partial charge is 0.481 e. The number of carbonyl (C=O) groups is 2. The number of carbonyl (C=O) groups excluding carboxylic acids is 1. The summed E-state index contributed by atoms with van der Waals surface area (Å²) in [4.78, 5) is 25.3. The third-order valence-corrected chi connectivity index (χ3v) is 4.98. The number of hydrogen-bond donors (Lipinski definition) is 2. The summed E-state index contributed by atoms with van der Waals surface area (Å²) in [7, 11) is 0. The number of aliphatic carboxylic acids is 1. The van der Waals surface area contributed by atoms with Crippen molar-refractivity contribution in [3.8, 4) is 0 Å². The number of carboxylic acids is 1. The molecule has 0 aromatic carbocycles. The maximum absolute atomic E-state index is 12.4. The van der Waals surface area contributed by atoms with Gasteiger partial charge in [0.25, 0.3) is 0 Å². The Hall–Kier alpha value is -1.10. The van der Waals surface area contributed by atoms with E-state index in [0.29, 0.717) is 31.8 Å². The Bertz CT molecular complexity index is 398. The van der Waals surface area contributed by atoms with E-state index in [1.54, 1.807) is 4.90 Å². The van der Waals surface area contributed by atoms with Gasteiger partial charge in [-0.05, 0) is 31.6 Å². The van der Waals surface area contributed by atoms with Crippen LogP contribution in [0.3, 0.4) is 0 Å². The number of carboxylic acid groups (broad SMARTS) is 1. The summed E-state index contributed by atoms with van der Waals surface area (Å²) >= 11 is 0. The fourth-order valence-corrected chi connectivity index (χ4v) is 3.61. The molecule has 1 heterocycles. The van der Waals surface area contributed by atoms with Crippen LogP contribution in [0, 0.1) is 17.8 Å². The van der Waals surface area contributed by atoms with Gasteiger partial charge in [0, 0.05) is 0 Å². The SMILES string of the molecule is O=C(O)[C@H]1CCCC[C@H]1C(=O)N1CC(O)(C2CC2)C1. The van der Waals surface area contributed by atoms with Gasteiger partial charge >= 0.3 is 5.97 Å². The van der Waals surface area contributed by atoms with Crippen molar-refractivity contribution in [3.05, 3.63) is 0 Å². The van der Waals surface area contributed by atoms with Gasteiger partial charge in [0.05, 0.1) is 24.9 Å². The molecule has 2 atom stereocenters. The highest BCUT2D eigenvalue weighted by molar-refractivity contribution is 5.85. The minimum absolute atomic E-state index is 0.0579. The maximum Gasteiger partial charge on any atom is 0.307 e. The predicted molar refractivity (Wildman–Crippen MR) is 67.3 cm³/mol. The van der Waals surface area contributed by atoms with Crippen molar-refractivity contribution >= 4 is 11.9 Å². The molecule has 2 aliphatic carbocycles. The highest BCUT2D eigenvalue weighted by Crippen LogP contribution is 2.45. The molecule has 19 heavy (non-hydrogen) atoms. The zero-order valence-electron chi connectivity index (χ0n) is 11.0. The molecule has 2 N–H and O–H groups in total. The lowest BCUT2D eigenvalue weighted by Crippen LogP contribution is -2.66. The highest BCUT2D eigenvalue weighted by atomic mass is 16.4. The Morgan fingerprint density at radius 1 is 1.00 bits per heavy atom. The van der Waals surface area contributed by atoms with Crippen LogP contribution in [-0.2, 0) is 9.59 Å². The van der Waals surface area contributed by atoms with Crippen LogP contribution in [0.15, 0.2) is 0 Å². The van der Waals surface area contributed by atoms with Gasteiger partial charge in [-0.2, -0.15) is 0 Å². The molecule has 5 nitrogen and oxygen atoms in total. The molecule has 0 aromatic rings. The lowest BCUT2D eigenvalue weighted by Gasteiger charge is -2.48. The molecule has 106 valence electrons. The van der Waals surface area contributed by atoms with Crippen LogP contribution in [0.2, 0.25) is 0 Å². The van der Waals surface area contributed by atoms with Crippen molar-refractivity contribution in [1.82, 2.24) is 4.90 Å². The van der Waals surface area contributed by atoms with Gasteiger partial charge in [-0.3, -0.25) is 9.59 Å². The van der Waals surface area contributed by atoms with Crippen LogP contribution < -0.4 is 0 Å². The summed E-state index contributed by atoms with van der Waals surface area (Å²) in [5, 5.41) is 19.4. The molecule has 1 saturated heterocycles. The molecule has 3 aliphatic rings. The standard InChI is InChI=1S/C14H21NO4/c16-12(10-3-1-2-4-11(10)13(17)18)15-7-14(19,8-15)9-5-6-9/h9-11,19H,1-8H2,(H,17,18)/t10-,11+/m1/s1. The van der Waals surface area contributed by atoms with E-state index in [-0.39, 0.29) is 11.8 Å². The van der Waals surface area contributed by atoms with Crippen LogP contribution in [-0.4, -0.2) is 45.7 Å². The predicted octanol–water partition coefficient (Wildman–Crippen LogP) is 0.861. The van der Waals surface area contributed by atoms with Gasteiger partial charge in [-0.15, -0.1) is 0 Å². The molecule has 0 aromatic heterocycles. The normalized spacial score (nSPS) is 33.6. The smallest absolute Gasteiger partial charge is 0.307 e. The zero-order chi connectivity index (χ0) is 13.6. The molecule has 5 heteroatoms. The van der Waals surface area contributed by atoms with E-state index in [9.17, 15) is 19.8 Å². The highest BCUT2D eigenvalue weighted by Gasteiger charge is 2.54. The average Bonchev–Trinajstić information content (AvgIpc) is 3.18. The molecule has 0 radical (unpaired) electrons. The fraction of sp³-hybridized carbons (Fsp3) is 0.857. The second-order valence-corrected chi connectivity index (χ2v) is 6.41. The Labute approximate surface area is 112 Å². The molecule has 1 aliphatic heterocycles. The summed E-state index contributed by atoms with van der Waals surface area (Å²) in [6.45, 7) is 0.804. The number of aliphatic hydroxyl groups is 1. The van der Waals surface area contributed by atoms with Crippen molar-refractivity contribution in [1.29, 1.82) is 0 Å². The van der Waals surface area contributed by atoms with Gasteiger partial charge in [-0.25, -0.2) is 0 Å². The van der Waals surface area contributed by atoms with E-state index in [4.69, 9.17) is 0 Å². The Morgan fingerprint density at radius 3 is 2.11 bits per heavy atom. The molecule has 3 rings (SSSR count). The van der Waals surface area contributed by atoms with Crippen molar-refractivity contribution < 1.29 is 19.8 Å². The first-order valence-electron chi connectivity index (χ1n) is 7.25. The first kappa shape index (κ1) is 12.9. The minimum atomic E-state index is -0.851. The van der Waals surface area contributed by atoms with Crippen LogP contribution in [0.4, 0.5) is 0 Å². The number of amides is 1. The third kappa shape index (κ3) is 2.24. The quantitative estimate of drug-likeness (QED) is 0.795. The lowest BCUT2D eigenvalue weighted by molar-refractivity contribution is -0.169. The molecular weight excluding hydrogens is 246 g/mol. The number of β-amino-alcohol motifs (C(OH)–C–C–N with tert-alkyl or cyclic N) is 1. The average molecular weight is 267 g/mol. The van der Waals surface area contributed by atoms with E-state index in [0.717, 1.165) is 25.7 Å². The first-order valence-corrected chi connectivity index (χ1v) is 7.25. The Balaban J connectivity index is 1.62. The van der Waals surface area contributed by atoms with Crippen LogP contribution >= 0.6 is 0 Å². The van der Waals surface area contributed by atoms with Crippen LogP contribution in [0.1, 0.15) is 38.5 Å². The van der Waals surface area contributed by atoms with Gasteiger partial charge in [0.15, 0.2) is 0 Å². The van der Waals surface area contributed by atoms with Crippen LogP contribution in [0.5, 0.6) is 0 Å². The number of nitrogens with zero attached hydrogens (tertiary/aromatic N) is 1. The van der Waals surface area contributed by atoms with E-state index in [1.807, 2.05) is 0 Å². The van der Waals surface area contributed by atoms with Gasteiger partial charge < -0.3 is 15.1 Å². The van der Waals surface area contributed by atoms with E-state index >= 15 is 0 Å². The molecular formula is C14H21NO4. The molecule has 0 spiro atoms. The van der Waals surface area contributed by atoms with Crippen molar-refractivity contribution in [2.24, 2.45) is 17.8 Å². The Kier molecular flexibility index (Phi) is 3.04. The molecule has 0 unspecified atom stereocenters. The van der Waals surface area contributed by atoms with Gasteiger partial charge in [0.1, 0.15) is 5.60 Å². The lowest BCUT2D eigenvalue weighted by atomic mass is 9.77. The van der Waals surface area contributed by atoms with Gasteiger partial charge in [0.2, 0.25) is 5.91 Å². The number of likely N-dealkylation sites (tertiary alicyclic amines) is 1. The monoisotopic (exact) mass is 267 g/mol. The van der Waals surface area contributed by atoms with E-state index in [2.05, 4.69) is 0 Å². The molecule has 3 fully saturated rings. The summed E-state index contributed by atoms with van der Waals surface area (Å²) in [5.74, 6) is -1.46. The molecule has 2 saturated carbocycles. The summed E-state index contributed by atoms with van der Waals surface area (Å²) in [6.07, 6.45) is 5.22. The first-order chi connectivity index (χ1) is 9.01. The van der Waals surface area contributed by atoms with E-state index in [1.165, 1.54) is 0 Å². The van der Waals surface area contributed by atoms with Crippen LogP contribution in [0.25, 0.3) is 0 Å².